The van der Waals surface area contributed by atoms with Gasteiger partial charge in [0.2, 0.25) is 0 Å². The van der Waals surface area contributed by atoms with E-state index in [4.69, 9.17) is 18.9 Å². The lowest BCUT2D eigenvalue weighted by Gasteiger charge is -2.19. The van der Waals surface area contributed by atoms with Crippen molar-refractivity contribution in [2.24, 2.45) is 0 Å². The second kappa shape index (κ2) is 7.69. The van der Waals surface area contributed by atoms with E-state index in [-0.39, 0.29) is 24.7 Å². The number of methoxy groups -OCH3 is 1. The van der Waals surface area contributed by atoms with Crippen LogP contribution in [0.4, 0.5) is 0 Å². The number of ether oxygens (including phenoxy) is 4. The summed E-state index contributed by atoms with van der Waals surface area (Å²) in [7, 11) is 1.55. The molecule has 2 aromatic rings. The zero-order valence-corrected chi connectivity index (χ0v) is 13.2. The molecule has 1 aliphatic rings. The van der Waals surface area contributed by atoms with Crippen molar-refractivity contribution in [2.75, 3.05) is 26.9 Å². The summed E-state index contributed by atoms with van der Waals surface area (Å²) in [6, 6.07) is 6.92. The molecule has 8 heteroatoms. The Morgan fingerprint density at radius 1 is 1.38 bits per heavy atom. The van der Waals surface area contributed by atoms with Crippen molar-refractivity contribution in [3.63, 3.8) is 0 Å². The number of carbonyl (C=O) groups is 1. The SMILES string of the molecule is COc1ccccc1OCC(=O)N[C@H]1COC[C@H]1Oc1cn[nH]c1. The number of rotatable bonds is 7. The second-order valence-corrected chi connectivity index (χ2v) is 5.24. The van der Waals surface area contributed by atoms with E-state index in [2.05, 4.69) is 15.5 Å². The summed E-state index contributed by atoms with van der Waals surface area (Å²) in [4.78, 5) is 12.1. The molecular weight excluding hydrogens is 314 g/mol. The highest BCUT2D eigenvalue weighted by Gasteiger charge is 2.31. The van der Waals surface area contributed by atoms with Crippen molar-refractivity contribution in [3.05, 3.63) is 36.7 Å². The van der Waals surface area contributed by atoms with E-state index in [9.17, 15) is 4.79 Å². The van der Waals surface area contributed by atoms with Gasteiger partial charge in [0.05, 0.1) is 38.8 Å². The highest BCUT2D eigenvalue weighted by Crippen LogP contribution is 2.25. The van der Waals surface area contributed by atoms with Gasteiger partial charge in [-0.25, -0.2) is 0 Å². The van der Waals surface area contributed by atoms with E-state index in [0.717, 1.165) is 0 Å². The summed E-state index contributed by atoms with van der Waals surface area (Å²) < 4.78 is 21.8. The molecule has 24 heavy (non-hydrogen) atoms. The summed E-state index contributed by atoms with van der Waals surface area (Å²) in [6.07, 6.45) is 2.95. The van der Waals surface area contributed by atoms with E-state index in [1.807, 2.05) is 12.1 Å². The molecule has 2 heterocycles. The van der Waals surface area contributed by atoms with Crippen LogP contribution in [0.25, 0.3) is 0 Å². The monoisotopic (exact) mass is 333 g/mol. The van der Waals surface area contributed by atoms with Gasteiger partial charge < -0.3 is 24.3 Å². The van der Waals surface area contributed by atoms with Crippen LogP contribution in [0.1, 0.15) is 0 Å². The summed E-state index contributed by atoms with van der Waals surface area (Å²) in [5, 5.41) is 9.36. The van der Waals surface area contributed by atoms with Crippen molar-refractivity contribution >= 4 is 5.91 Å². The molecule has 2 N–H and O–H groups in total. The normalized spacial score (nSPS) is 19.7. The molecule has 1 saturated heterocycles. The Hall–Kier alpha value is -2.74. The van der Waals surface area contributed by atoms with Gasteiger partial charge in [-0.1, -0.05) is 12.1 Å². The highest BCUT2D eigenvalue weighted by molar-refractivity contribution is 5.78. The van der Waals surface area contributed by atoms with Crippen LogP contribution < -0.4 is 19.5 Å². The third-order valence-electron chi connectivity index (χ3n) is 3.56. The van der Waals surface area contributed by atoms with Gasteiger partial charge in [0.1, 0.15) is 6.10 Å². The number of nitrogens with one attached hydrogen (secondary N) is 2. The van der Waals surface area contributed by atoms with Crippen LogP contribution in [-0.2, 0) is 9.53 Å². The lowest BCUT2D eigenvalue weighted by atomic mass is 10.2. The Kier molecular flexibility index (Phi) is 5.17. The minimum atomic E-state index is -0.266. The number of aromatic amines is 1. The van der Waals surface area contributed by atoms with Gasteiger partial charge in [-0.2, -0.15) is 5.10 Å². The van der Waals surface area contributed by atoms with E-state index in [0.29, 0.717) is 30.5 Å². The number of benzene rings is 1. The average molecular weight is 333 g/mol. The standard InChI is InChI=1S/C16H19N3O5/c1-21-13-4-2-3-5-14(13)23-10-16(20)19-12-8-22-9-15(12)24-11-6-17-18-7-11/h2-7,12,15H,8-10H2,1H3,(H,17,18)(H,19,20)/t12-,15+/m0/s1. The van der Waals surface area contributed by atoms with Crippen molar-refractivity contribution < 1.29 is 23.7 Å². The Morgan fingerprint density at radius 2 is 2.21 bits per heavy atom. The van der Waals surface area contributed by atoms with Gasteiger partial charge in [0, 0.05) is 0 Å². The van der Waals surface area contributed by atoms with Gasteiger partial charge in [-0.05, 0) is 12.1 Å². The zero-order valence-electron chi connectivity index (χ0n) is 13.2. The Bertz CT molecular complexity index is 661. The third-order valence-corrected chi connectivity index (χ3v) is 3.56. The number of aromatic nitrogens is 2. The third kappa shape index (κ3) is 3.96. The molecule has 3 rings (SSSR count). The molecule has 0 spiro atoms. The van der Waals surface area contributed by atoms with Gasteiger partial charge >= 0.3 is 0 Å². The average Bonchev–Trinajstić information content (AvgIpc) is 3.26. The van der Waals surface area contributed by atoms with Crippen molar-refractivity contribution in [1.29, 1.82) is 0 Å². The van der Waals surface area contributed by atoms with Crippen LogP contribution in [0.15, 0.2) is 36.7 Å². The van der Waals surface area contributed by atoms with Crippen LogP contribution in [0, 0.1) is 0 Å². The number of amides is 1. The van der Waals surface area contributed by atoms with Gasteiger partial charge in [-0.15, -0.1) is 0 Å². The molecule has 1 fully saturated rings. The number of H-pyrrole nitrogens is 1. The molecule has 0 radical (unpaired) electrons. The van der Waals surface area contributed by atoms with Crippen LogP contribution in [-0.4, -0.2) is 55.2 Å². The first-order chi connectivity index (χ1) is 11.8. The van der Waals surface area contributed by atoms with Crippen molar-refractivity contribution in [2.45, 2.75) is 12.1 Å². The van der Waals surface area contributed by atoms with Crippen LogP contribution in [0.5, 0.6) is 17.2 Å². The van der Waals surface area contributed by atoms with E-state index in [1.165, 1.54) is 0 Å². The van der Waals surface area contributed by atoms with Crippen LogP contribution >= 0.6 is 0 Å². The minimum absolute atomic E-state index is 0.116. The smallest absolute Gasteiger partial charge is 0.258 e. The Labute approximate surface area is 139 Å². The van der Waals surface area contributed by atoms with Crippen LogP contribution in [0.3, 0.4) is 0 Å². The minimum Gasteiger partial charge on any atom is -0.493 e. The molecule has 8 nitrogen and oxygen atoms in total. The topological polar surface area (TPSA) is 94.7 Å². The lowest BCUT2D eigenvalue weighted by Crippen LogP contribution is -2.46. The van der Waals surface area contributed by atoms with Gasteiger partial charge in [0.15, 0.2) is 23.9 Å². The first kappa shape index (κ1) is 16.1. The Balaban J connectivity index is 1.50. The molecule has 0 saturated carbocycles. The van der Waals surface area contributed by atoms with Crippen LogP contribution in [0.2, 0.25) is 0 Å². The summed E-state index contributed by atoms with van der Waals surface area (Å²) in [5.41, 5.74) is 0. The highest BCUT2D eigenvalue weighted by atomic mass is 16.6. The maximum absolute atomic E-state index is 12.1. The molecule has 0 aliphatic carbocycles. The number of hydrogen-bond donors (Lipinski definition) is 2. The molecule has 2 atom stereocenters. The molecular formula is C16H19N3O5. The number of carbonyl (C=O) groups excluding carboxylic acids is 1. The first-order valence-electron chi connectivity index (χ1n) is 7.54. The largest absolute Gasteiger partial charge is 0.493 e. The Morgan fingerprint density at radius 3 is 2.96 bits per heavy atom. The molecule has 1 aromatic heterocycles. The fraction of sp³-hybridized carbons (Fsp3) is 0.375. The molecule has 1 aromatic carbocycles. The molecule has 1 amide bonds. The summed E-state index contributed by atoms with van der Waals surface area (Å²) in [5.74, 6) is 1.45. The summed E-state index contributed by atoms with van der Waals surface area (Å²) in [6.45, 7) is 0.682. The van der Waals surface area contributed by atoms with E-state index >= 15 is 0 Å². The van der Waals surface area contributed by atoms with Crippen molar-refractivity contribution in [1.82, 2.24) is 15.5 Å². The maximum atomic E-state index is 12.1. The van der Waals surface area contributed by atoms with E-state index in [1.54, 1.807) is 31.6 Å². The number of para-hydroxylation sites is 2. The lowest BCUT2D eigenvalue weighted by molar-refractivity contribution is -0.124. The predicted molar refractivity (Wildman–Crippen MR) is 84.2 cm³/mol. The fourth-order valence-electron chi connectivity index (χ4n) is 2.39. The van der Waals surface area contributed by atoms with Gasteiger partial charge in [-0.3, -0.25) is 9.89 Å². The number of hydrogen-bond acceptors (Lipinski definition) is 6. The maximum Gasteiger partial charge on any atom is 0.258 e. The van der Waals surface area contributed by atoms with Crippen molar-refractivity contribution in [3.8, 4) is 17.2 Å². The fourth-order valence-corrected chi connectivity index (χ4v) is 2.39. The van der Waals surface area contributed by atoms with Gasteiger partial charge in [0.25, 0.3) is 5.91 Å². The first-order valence-corrected chi connectivity index (χ1v) is 7.54. The quantitative estimate of drug-likeness (QED) is 0.777. The summed E-state index contributed by atoms with van der Waals surface area (Å²) >= 11 is 0. The predicted octanol–water partition coefficient (Wildman–Crippen LogP) is 0.760. The molecule has 128 valence electrons. The second-order valence-electron chi connectivity index (χ2n) is 5.24. The number of nitrogens with zero attached hydrogens (tertiary/aromatic N) is 1. The zero-order chi connectivity index (χ0) is 16.8. The molecule has 0 unspecified atom stereocenters. The van der Waals surface area contributed by atoms with E-state index < -0.39 is 0 Å². The molecule has 1 aliphatic heterocycles. The molecule has 0 bridgehead atoms.